The van der Waals surface area contributed by atoms with E-state index < -0.39 is 0 Å². The van der Waals surface area contributed by atoms with Gasteiger partial charge in [-0.25, -0.2) is 0 Å². The predicted molar refractivity (Wildman–Crippen MR) is 75.2 cm³/mol. The molecular formula is C13H18ClN3O2. The second-order valence-corrected chi connectivity index (χ2v) is 5.36. The Labute approximate surface area is 117 Å². The summed E-state index contributed by atoms with van der Waals surface area (Å²) in [6, 6.07) is 4.93. The van der Waals surface area contributed by atoms with E-state index in [0.29, 0.717) is 22.8 Å². The van der Waals surface area contributed by atoms with Crippen molar-refractivity contribution in [3.05, 3.63) is 28.8 Å². The molecule has 5 nitrogen and oxygen atoms in total. The number of rotatable bonds is 4. The molecule has 0 aromatic heterocycles. The van der Waals surface area contributed by atoms with Gasteiger partial charge in [0.15, 0.2) is 0 Å². The van der Waals surface area contributed by atoms with Gasteiger partial charge in [0, 0.05) is 18.2 Å². The lowest BCUT2D eigenvalue weighted by atomic mass is 10.0. The first kappa shape index (κ1) is 14.1. The maximum absolute atomic E-state index is 12.2. The Hall–Kier alpha value is -1.30. The largest absolute Gasteiger partial charge is 0.373 e. The van der Waals surface area contributed by atoms with E-state index in [0.717, 1.165) is 19.4 Å². The molecular weight excluding hydrogens is 266 g/mol. The van der Waals surface area contributed by atoms with Gasteiger partial charge in [-0.2, -0.15) is 0 Å². The van der Waals surface area contributed by atoms with Gasteiger partial charge in [-0.1, -0.05) is 11.6 Å². The number of anilines is 1. The van der Waals surface area contributed by atoms with Crippen molar-refractivity contribution >= 4 is 23.2 Å². The van der Waals surface area contributed by atoms with E-state index in [1.807, 2.05) is 6.92 Å². The summed E-state index contributed by atoms with van der Waals surface area (Å²) < 4.78 is 5.63. The van der Waals surface area contributed by atoms with Crippen LogP contribution in [-0.4, -0.2) is 24.7 Å². The number of carbonyl (C=O) groups excluding carboxylic acids is 1. The summed E-state index contributed by atoms with van der Waals surface area (Å²) in [7, 11) is 0. The van der Waals surface area contributed by atoms with E-state index in [4.69, 9.17) is 22.2 Å². The van der Waals surface area contributed by atoms with E-state index in [9.17, 15) is 4.79 Å². The Bertz CT molecular complexity index is 473. The molecule has 0 saturated carbocycles. The zero-order chi connectivity index (χ0) is 13.9. The number of carbonyl (C=O) groups is 1. The molecule has 104 valence electrons. The predicted octanol–water partition coefficient (Wildman–Crippen LogP) is 1.92. The van der Waals surface area contributed by atoms with E-state index in [1.54, 1.807) is 18.2 Å². The van der Waals surface area contributed by atoms with Crippen molar-refractivity contribution in [2.75, 3.05) is 18.6 Å². The summed E-state index contributed by atoms with van der Waals surface area (Å²) in [6.45, 7) is 3.22. The standard InChI is InChI=1S/C13H18ClN3O2/c1-13(5-2-6-19-13)8-16-12(18)10-7-9(14)3-4-11(10)17-15/h3-4,7,17H,2,5-6,8,15H2,1H3,(H,16,18). The highest BCUT2D eigenvalue weighted by Crippen LogP contribution is 2.24. The van der Waals surface area contributed by atoms with Gasteiger partial charge in [0.25, 0.3) is 5.91 Å². The SMILES string of the molecule is CC1(CNC(=O)c2cc(Cl)ccc2NN)CCCO1. The van der Waals surface area contributed by atoms with Crippen LogP contribution in [0.15, 0.2) is 18.2 Å². The summed E-state index contributed by atoms with van der Waals surface area (Å²) in [4.78, 5) is 12.2. The molecule has 1 aromatic carbocycles. The summed E-state index contributed by atoms with van der Waals surface area (Å²) in [5, 5.41) is 3.36. The first-order valence-electron chi connectivity index (χ1n) is 6.22. The van der Waals surface area contributed by atoms with Crippen molar-refractivity contribution in [3.63, 3.8) is 0 Å². The number of nitrogens with two attached hydrogens (primary N) is 1. The smallest absolute Gasteiger partial charge is 0.253 e. The summed E-state index contributed by atoms with van der Waals surface area (Å²) in [6.07, 6.45) is 1.98. The van der Waals surface area contributed by atoms with Crippen LogP contribution in [0.1, 0.15) is 30.1 Å². The maximum Gasteiger partial charge on any atom is 0.253 e. The highest BCUT2D eigenvalue weighted by atomic mass is 35.5. The molecule has 0 bridgehead atoms. The Kier molecular flexibility index (Phi) is 4.29. The molecule has 1 fully saturated rings. The fourth-order valence-corrected chi connectivity index (χ4v) is 2.34. The summed E-state index contributed by atoms with van der Waals surface area (Å²) in [5.41, 5.74) is 3.19. The lowest BCUT2D eigenvalue weighted by molar-refractivity contribution is 0.0206. The van der Waals surface area contributed by atoms with Crippen LogP contribution in [0.5, 0.6) is 0 Å². The van der Waals surface area contributed by atoms with Gasteiger partial charge in [-0.15, -0.1) is 0 Å². The molecule has 1 aromatic rings. The van der Waals surface area contributed by atoms with Gasteiger partial charge in [0.1, 0.15) is 0 Å². The molecule has 0 radical (unpaired) electrons. The average molecular weight is 284 g/mol. The topological polar surface area (TPSA) is 76.4 Å². The van der Waals surface area contributed by atoms with Gasteiger partial charge < -0.3 is 15.5 Å². The fraction of sp³-hybridized carbons (Fsp3) is 0.462. The van der Waals surface area contributed by atoms with Crippen LogP contribution >= 0.6 is 11.6 Å². The molecule has 1 saturated heterocycles. The quantitative estimate of drug-likeness (QED) is 0.583. The first-order valence-corrected chi connectivity index (χ1v) is 6.60. The number of nitrogen functional groups attached to an aromatic ring is 1. The molecule has 0 spiro atoms. The van der Waals surface area contributed by atoms with Crippen molar-refractivity contribution in [3.8, 4) is 0 Å². The van der Waals surface area contributed by atoms with E-state index in [2.05, 4.69) is 10.7 Å². The van der Waals surface area contributed by atoms with Gasteiger partial charge in [-0.3, -0.25) is 10.6 Å². The van der Waals surface area contributed by atoms with E-state index in [1.165, 1.54) is 0 Å². The molecule has 0 aliphatic carbocycles. The third-order valence-corrected chi connectivity index (χ3v) is 3.54. The molecule has 1 unspecified atom stereocenters. The molecule has 1 amide bonds. The van der Waals surface area contributed by atoms with E-state index >= 15 is 0 Å². The minimum atomic E-state index is -0.273. The Morgan fingerprint density at radius 3 is 3.00 bits per heavy atom. The molecule has 6 heteroatoms. The molecule has 1 heterocycles. The number of hydrogen-bond acceptors (Lipinski definition) is 4. The molecule has 1 aliphatic rings. The number of ether oxygens (including phenoxy) is 1. The fourth-order valence-electron chi connectivity index (χ4n) is 2.17. The number of benzene rings is 1. The van der Waals surface area contributed by atoms with Crippen LogP contribution in [-0.2, 0) is 4.74 Å². The van der Waals surface area contributed by atoms with Crippen molar-refractivity contribution in [2.24, 2.45) is 5.84 Å². The van der Waals surface area contributed by atoms with E-state index in [-0.39, 0.29) is 11.5 Å². The zero-order valence-electron chi connectivity index (χ0n) is 10.8. The van der Waals surface area contributed by atoms with Gasteiger partial charge in [-0.05, 0) is 38.0 Å². The Morgan fingerprint density at radius 1 is 1.58 bits per heavy atom. The molecule has 1 aliphatic heterocycles. The van der Waals surface area contributed by atoms with Crippen LogP contribution in [0.25, 0.3) is 0 Å². The summed E-state index contributed by atoms with van der Waals surface area (Å²) >= 11 is 5.90. The second kappa shape index (κ2) is 5.77. The van der Waals surface area contributed by atoms with Crippen LogP contribution in [0, 0.1) is 0 Å². The van der Waals surface area contributed by atoms with Crippen LogP contribution in [0.2, 0.25) is 5.02 Å². The van der Waals surface area contributed by atoms with Crippen LogP contribution < -0.4 is 16.6 Å². The number of amides is 1. The van der Waals surface area contributed by atoms with Crippen molar-refractivity contribution < 1.29 is 9.53 Å². The number of nitrogens with one attached hydrogen (secondary N) is 2. The second-order valence-electron chi connectivity index (χ2n) is 4.92. The third kappa shape index (κ3) is 3.37. The highest BCUT2D eigenvalue weighted by molar-refractivity contribution is 6.31. The van der Waals surface area contributed by atoms with Crippen molar-refractivity contribution in [2.45, 2.75) is 25.4 Å². The highest BCUT2D eigenvalue weighted by Gasteiger charge is 2.30. The Balaban J connectivity index is 2.05. The van der Waals surface area contributed by atoms with Gasteiger partial charge in [0.05, 0.1) is 16.9 Å². The van der Waals surface area contributed by atoms with Crippen LogP contribution in [0.3, 0.4) is 0 Å². The maximum atomic E-state index is 12.2. The number of halogens is 1. The molecule has 19 heavy (non-hydrogen) atoms. The minimum absolute atomic E-state index is 0.216. The lowest BCUT2D eigenvalue weighted by Gasteiger charge is -2.23. The molecule has 1 atom stereocenters. The van der Waals surface area contributed by atoms with Crippen LogP contribution in [0.4, 0.5) is 5.69 Å². The average Bonchev–Trinajstić information content (AvgIpc) is 2.83. The monoisotopic (exact) mass is 283 g/mol. The summed E-state index contributed by atoms with van der Waals surface area (Å²) in [5.74, 6) is 5.17. The lowest BCUT2D eigenvalue weighted by Crippen LogP contribution is -2.40. The van der Waals surface area contributed by atoms with Gasteiger partial charge in [0.2, 0.25) is 0 Å². The number of hydrogen-bond donors (Lipinski definition) is 3. The Morgan fingerprint density at radius 2 is 2.37 bits per heavy atom. The zero-order valence-corrected chi connectivity index (χ0v) is 11.6. The minimum Gasteiger partial charge on any atom is -0.373 e. The van der Waals surface area contributed by atoms with Crippen molar-refractivity contribution in [1.29, 1.82) is 0 Å². The normalized spacial score (nSPS) is 22.3. The number of hydrazine groups is 1. The third-order valence-electron chi connectivity index (χ3n) is 3.31. The van der Waals surface area contributed by atoms with Gasteiger partial charge >= 0.3 is 0 Å². The first-order chi connectivity index (χ1) is 9.04. The molecule has 2 rings (SSSR count). The molecule has 4 N–H and O–H groups in total. The van der Waals surface area contributed by atoms with Crippen molar-refractivity contribution in [1.82, 2.24) is 5.32 Å².